The number of anilines is 1. The lowest BCUT2D eigenvalue weighted by Crippen LogP contribution is -2.22. The first-order chi connectivity index (χ1) is 11.0. The summed E-state index contributed by atoms with van der Waals surface area (Å²) in [6, 6.07) is 5.64. The topological polar surface area (TPSA) is 78.1 Å². The number of nitrogens with two attached hydrogens (primary N) is 1. The highest BCUT2D eigenvalue weighted by atomic mass is 35.5. The summed E-state index contributed by atoms with van der Waals surface area (Å²) in [6.45, 7) is 1.87. The van der Waals surface area contributed by atoms with Crippen LogP contribution in [0.5, 0.6) is 5.75 Å². The molecular formula is C17H18ClN3O2. The molecule has 1 aliphatic carbocycles. The molecule has 0 aliphatic heterocycles. The fourth-order valence-electron chi connectivity index (χ4n) is 3.36. The van der Waals surface area contributed by atoms with Crippen LogP contribution in [-0.4, -0.2) is 23.4 Å². The quantitative estimate of drug-likeness (QED) is 0.874. The van der Waals surface area contributed by atoms with E-state index < -0.39 is 0 Å². The highest BCUT2D eigenvalue weighted by molar-refractivity contribution is 6.30. The Labute approximate surface area is 139 Å². The SMILES string of the molecule is COc1cc(Cl)cc(C2Cc3nc(N)nc(C)c3C(C=O)C2)c1. The summed E-state index contributed by atoms with van der Waals surface area (Å²) in [4.78, 5) is 20.1. The van der Waals surface area contributed by atoms with E-state index in [0.29, 0.717) is 23.6 Å². The summed E-state index contributed by atoms with van der Waals surface area (Å²) in [7, 11) is 1.61. The van der Waals surface area contributed by atoms with Crippen LogP contribution in [0.25, 0.3) is 0 Å². The van der Waals surface area contributed by atoms with E-state index in [0.717, 1.165) is 28.8 Å². The van der Waals surface area contributed by atoms with Gasteiger partial charge in [0.25, 0.3) is 0 Å². The van der Waals surface area contributed by atoms with Gasteiger partial charge in [-0.15, -0.1) is 0 Å². The van der Waals surface area contributed by atoms with Crippen LogP contribution >= 0.6 is 11.6 Å². The standard InChI is InChI=1S/C17H18ClN3O2/c1-9-16-12(8-22)3-10(6-15(16)21-17(19)20-9)11-4-13(18)7-14(5-11)23-2/h4-5,7-8,10,12H,3,6H2,1-2H3,(H2,19,20,21). The van der Waals surface area contributed by atoms with Crippen LogP contribution in [-0.2, 0) is 11.2 Å². The average molecular weight is 332 g/mol. The van der Waals surface area contributed by atoms with Gasteiger partial charge in [-0.05, 0) is 49.4 Å². The maximum atomic E-state index is 11.6. The molecule has 23 heavy (non-hydrogen) atoms. The van der Waals surface area contributed by atoms with Gasteiger partial charge < -0.3 is 15.3 Å². The van der Waals surface area contributed by atoms with E-state index in [9.17, 15) is 4.79 Å². The number of rotatable bonds is 3. The fourth-order valence-corrected chi connectivity index (χ4v) is 3.59. The number of carbonyl (C=O) groups is 1. The molecule has 2 unspecified atom stereocenters. The van der Waals surface area contributed by atoms with Gasteiger partial charge in [-0.25, -0.2) is 9.97 Å². The van der Waals surface area contributed by atoms with Crippen LogP contribution in [0.3, 0.4) is 0 Å². The zero-order chi connectivity index (χ0) is 16.6. The van der Waals surface area contributed by atoms with E-state index >= 15 is 0 Å². The largest absolute Gasteiger partial charge is 0.497 e. The van der Waals surface area contributed by atoms with Crippen LogP contribution in [0, 0.1) is 6.92 Å². The Morgan fingerprint density at radius 1 is 1.35 bits per heavy atom. The zero-order valence-electron chi connectivity index (χ0n) is 13.0. The Hall–Kier alpha value is -2.14. The summed E-state index contributed by atoms with van der Waals surface area (Å²) in [5.74, 6) is 0.864. The van der Waals surface area contributed by atoms with Crippen molar-refractivity contribution in [1.82, 2.24) is 9.97 Å². The maximum Gasteiger partial charge on any atom is 0.220 e. The molecule has 0 saturated carbocycles. The number of methoxy groups -OCH3 is 1. The van der Waals surface area contributed by atoms with E-state index in [1.54, 1.807) is 13.2 Å². The van der Waals surface area contributed by atoms with Crippen LogP contribution in [0.4, 0.5) is 5.95 Å². The molecule has 0 bridgehead atoms. The number of ether oxygens (including phenoxy) is 1. The molecule has 1 aromatic carbocycles. The number of aromatic nitrogens is 2. The minimum absolute atomic E-state index is 0.138. The molecule has 3 rings (SSSR count). The Balaban J connectivity index is 2.04. The molecule has 5 nitrogen and oxygen atoms in total. The first kappa shape index (κ1) is 15.7. The molecule has 0 amide bonds. The summed E-state index contributed by atoms with van der Waals surface area (Å²) in [5, 5.41) is 0.617. The minimum Gasteiger partial charge on any atom is -0.497 e. The van der Waals surface area contributed by atoms with Gasteiger partial charge in [-0.1, -0.05) is 11.6 Å². The van der Waals surface area contributed by atoms with Crippen molar-refractivity contribution in [1.29, 1.82) is 0 Å². The molecule has 1 heterocycles. The molecule has 2 aromatic rings. The fraction of sp³-hybridized carbons (Fsp3) is 0.353. The van der Waals surface area contributed by atoms with E-state index in [-0.39, 0.29) is 17.8 Å². The summed E-state index contributed by atoms with van der Waals surface area (Å²) in [6.07, 6.45) is 2.38. The number of aryl methyl sites for hydroxylation is 1. The zero-order valence-corrected chi connectivity index (χ0v) is 13.8. The van der Waals surface area contributed by atoms with Gasteiger partial charge in [0.1, 0.15) is 12.0 Å². The number of benzene rings is 1. The number of hydrogen-bond donors (Lipinski definition) is 1. The lowest BCUT2D eigenvalue weighted by molar-refractivity contribution is -0.109. The third-order valence-corrected chi connectivity index (χ3v) is 4.56. The number of hydrogen-bond acceptors (Lipinski definition) is 5. The Morgan fingerprint density at radius 2 is 2.13 bits per heavy atom. The van der Waals surface area contributed by atoms with Gasteiger partial charge in [0.2, 0.25) is 5.95 Å². The van der Waals surface area contributed by atoms with Crippen molar-refractivity contribution in [2.45, 2.75) is 31.6 Å². The average Bonchev–Trinajstić information content (AvgIpc) is 2.52. The van der Waals surface area contributed by atoms with Gasteiger partial charge in [-0.3, -0.25) is 0 Å². The van der Waals surface area contributed by atoms with Gasteiger partial charge in [0.05, 0.1) is 12.8 Å². The molecule has 6 heteroatoms. The second kappa shape index (κ2) is 6.16. The highest BCUT2D eigenvalue weighted by Gasteiger charge is 2.31. The lowest BCUT2D eigenvalue weighted by atomic mass is 9.76. The van der Waals surface area contributed by atoms with Crippen molar-refractivity contribution in [2.75, 3.05) is 12.8 Å². The predicted octanol–water partition coefficient (Wildman–Crippen LogP) is 3.04. The second-order valence-electron chi connectivity index (χ2n) is 5.83. The molecule has 1 aliphatic rings. The molecular weight excluding hydrogens is 314 g/mol. The van der Waals surface area contributed by atoms with Gasteiger partial charge in [-0.2, -0.15) is 0 Å². The van der Waals surface area contributed by atoms with Gasteiger partial charge >= 0.3 is 0 Å². The van der Waals surface area contributed by atoms with E-state index in [1.807, 2.05) is 19.1 Å². The van der Waals surface area contributed by atoms with Crippen LogP contribution in [0.1, 0.15) is 40.8 Å². The first-order valence-corrected chi connectivity index (χ1v) is 7.82. The van der Waals surface area contributed by atoms with Crippen LogP contribution in [0.2, 0.25) is 5.02 Å². The number of fused-ring (bicyclic) bond motifs is 1. The normalized spacial score (nSPS) is 20.0. The minimum atomic E-state index is -0.227. The van der Waals surface area contributed by atoms with E-state index in [2.05, 4.69) is 9.97 Å². The van der Waals surface area contributed by atoms with Crippen molar-refractivity contribution in [3.05, 3.63) is 45.7 Å². The lowest BCUT2D eigenvalue weighted by Gasteiger charge is -2.29. The van der Waals surface area contributed by atoms with Crippen LogP contribution in [0.15, 0.2) is 18.2 Å². The number of nitrogen functional groups attached to an aromatic ring is 1. The number of aldehydes is 1. The highest BCUT2D eigenvalue weighted by Crippen LogP contribution is 2.41. The monoisotopic (exact) mass is 331 g/mol. The number of nitrogens with zero attached hydrogens (tertiary/aromatic N) is 2. The number of halogens is 1. The van der Waals surface area contributed by atoms with Gasteiger partial charge in [0, 0.05) is 22.2 Å². The maximum absolute atomic E-state index is 11.6. The second-order valence-corrected chi connectivity index (χ2v) is 6.27. The predicted molar refractivity (Wildman–Crippen MR) is 89.1 cm³/mol. The molecule has 0 spiro atoms. The molecule has 0 radical (unpaired) electrons. The summed E-state index contributed by atoms with van der Waals surface area (Å²) in [5.41, 5.74) is 9.36. The third-order valence-electron chi connectivity index (χ3n) is 4.35. The van der Waals surface area contributed by atoms with Gasteiger partial charge in [0.15, 0.2) is 0 Å². The van der Waals surface area contributed by atoms with Crippen LogP contribution < -0.4 is 10.5 Å². The Morgan fingerprint density at radius 3 is 2.83 bits per heavy atom. The van der Waals surface area contributed by atoms with Crippen molar-refractivity contribution in [3.63, 3.8) is 0 Å². The smallest absolute Gasteiger partial charge is 0.220 e. The Kier molecular flexibility index (Phi) is 4.22. The first-order valence-electron chi connectivity index (χ1n) is 7.44. The van der Waals surface area contributed by atoms with E-state index in [1.165, 1.54) is 0 Å². The molecule has 0 fully saturated rings. The van der Waals surface area contributed by atoms with E-state index in [4.69, 9.17) is 22.1 Å². The summed E-state index contributed by atoms with van der Waals surface area (Å²) < 4.78 is 5.29. The molecule has 2 N–H and O–H groups in total. The molecule has 120 valence electrons. The molecule has 1 aromatic heterocycles. The Bertz CT molecular complexity index is 764. The number of carbonyl (C=O) groups excluding carboxylic acids is 1. The van der Waals surface area contributed by atoms with Crippen molar-refractivity contribution in [3.8, 4) is 5.75 Å². The molecule has 2 atom stereocenters. The molecule has 0 saturated heterocycles. The third kappa shape index (κ3) is 3.01. The summed E-state index contributed by atoms with van der Waals surface area (Å²) >= 11 is 6.17. The van der Waals surface area contributed by atoms with Crippen molar-refractivity contribution >= 4 is 23.8 Å². The van der Waals surface area contributed by atoms with Crippen molar-refractivity contribution in [2.24, 2.45) is 0 Å². The van der Waals surface area contributed by atoms with Crippen molar-refractivity contribution < 1.29 is 9.53 Å².